The van der Waals surface area contributed by atoms with Crippen molar-refractivity contribution in [2.45, 2.75) is 31.9 Å². The molecule has 1 aliphatic rings. The normalized spacial score (nSPS) is 17.4. The van der Waals surface area contributed by atoms with E-state index in [2.05, 4.69) is 10.1 Å². The van der Waals surface area contributed by atoms with Crippen LogP contribution in [0.25, 0.3) is 0 Å². The summed E-state index contributed by atoms with van der Waals surface area (Å²) >= 11 is 0. The van der Waals surface area contributed by atoms with Gasteiger partial charge >= 0.3 is 6.61 Å². The molecule has 1 saturated heterocycles. The molecule has 1 heterocycles. The minimum absolute atomic E-state index is 0. The molecule has 1 aliphatic heterocycles. The molecule has 2 rings (SSSR count). The number of amides is 2. The van der Waals surface area contributed by atoms with Gasteiger partial charge in [-0.25, -0.2) is 0 Å². The van der Waals surface area contributed by atoms with Crippen molar-refractivity contribution in [2.75, 3.05) is 18.0 Å². The number of rotatable bonds is 6. The smallest absolute Gasteiger partial charge is 0.387 e. The van der Waals surface area contributed by atoms with Gasteiger partial charge in [0.2, 0.25) is 11.8 Å². The van der Waals surface area contributed by atoms with Gasteiger partial charge in [0, 0.05) is 25.2 Å². The molecule has 9 heteroatoms. The molecule has 2 amide bonds. The number of ether oxygens (including phenoxy) is 1. The Morgan fingerprint density at radius 2 is 2.04 bits per heavy atom. The second-order valence-corrected chi connectivity index (χ2v) is 5.16. The predicted octanol–water partition coefficient (Wildman–Crippen LogP) is 1.67. The van der Waals surface area contributed by atoms with E-state index in [4.69, 9.17) is 5.73 Å². The average Bonchev–Trinajstić information content (AvgIpc) is 2.50. The highest BCUT2D eigenvalue weighted by atomic mass is 35.5. The molecule has 6 nitrogen and oxygen atoms in total. The molecular weight excluding hydrogens is 344 g/mol. The zero-order chi connectivity index (χ0) is 16.8. The van der Waals surface area contributed by atoms with Gasteiger partial charge in [-0.1, -0.05) is 0 Å². The topological polar surface area (TPSA) is 84.7 Å². The number of nitrogens with zero attached hydrogens (tertiary/aromatic N) is 1. The van der Waals surface area contributed by atoms with Crippen LogP contribution in [0.15, 0.2) is 24.3 Å². The van der Waals surface area contributed by atoms with Crippen LogP contribution in [0.4, 0.5) is 14.5 Å². The minimum atomic E-state index is -2.89. The van der Waals surface area contributed by atoms with Crippen LogP contribution < -0.4 is 20.7 Å². The first-order chi connectivity index (χ1) is 11.0. The lowest BCUT2D eigenvalue weighted by Gasteiger charge is -2.32. The van der Waals surface area contributed by atoms with Crippen molar-refractivity contribution in [2.24, 2.45) is 5.73 Å². The number of carbonyl (C=O) groups is 2. The van der Waals surface area contributed by atoms with Gasteiger partial charge < -0.3 is 20.7 Å². The fraction of sp³-hybridized carbons (Fsp3) is 0.467. The molecule has 3 N–H and O–H groups in total. The van der Waals surface area contributed by atoms with Crippen LogP contribution in [0.3, 0.4) is 0 Å². The molecule has 0 bridgehead atoms. The van der Waals surface area contributed by atoms with Gasteiger partial charge in [0.1, 0.15) is 11.8 Å². The predicted molar refractivity (Wildman–Crippen MR) is 87.5 cm³/mol. The van der Waals surface area contributed by atoms with E-state index in [-0.39, 0.29) is 42.9 Å². The van der Waals surface area contributed by atoms with Crippen LogP contribution in [0.1, 0.15) is 19.3 Å². The molecule has 0 aliphatic carbocycles. The maximum absolute atomic E-state index is 12.5. The Balaban J connectivity index is 0.00000288. The van der Waals surface area contributed by atoms with Gasteiger partial charge in [-0.05, 0) is 37.1 Å². The zero-order valence-electron chi connectivity index (χ0n) is 12.9. The van der Waals surface area contributed by atoms with Crippen LogP contribution in [0.5, 0.6) is 5.75 Å². The van der Waals surface area contributed by atoms with Crippen LogP contribution in [-0.2, 0) is 9.59 Å². The Morgan fingerprint density at radius 3 is 2.62 bits per heavy atom. The van der Waals surface area contributed by atoms with E-state index < -0.39 is 12.7 Å². The van der Waals surface area contributed by atoms with Crippen LogP contribution in [0.2, 0.25) is 0 Å². The average molecular weight is 364 g/mol. The van der Waals surface area contributed by atoms with Crippen LogP contribution >= 0.6 is 12.4 Å². The number of nitrogens with two attached hydrogens (primary N) is 1. The largest absolute Gasteiger partial charge is 0.435 e. The molecule has 1 unspecified atom stereocenters. The van der Waals surface area contributed by atoms with Gasteiger partial charge in [0.15, 0.2) is 0 Å². The summed E-state index contributed by atoms with van der Waals surface area (Å²) < 4.78 is 28.6. The van der Waals surface area contributed by atoms with E-state index in [9.17, 15) is 18.4 Å². The molecule has 1 atom stereocenters. The summed E-state index contributed by atoms with van der Waals surface area (Å²) in [6.07, 6.45) is 1.47. The third-order valence-electron chi connectivity index (χ3n) is 3.52. The lowest BCUT2D eigenvalue weighted by Crippen LogP contribution is -2.52. The van der Waals surface area contributed by atoms with Crippen molar-refractivity contribution in [3.8, 4) is 5.75 Å². The summed E-state index contributed by atoms with van der Waals surface area (Å²) in [4.78, 5) is 25.6. The van der Waals surface area contributed by atoms with E-state index in [1.165, 1.54) is 17.0 Å². The first-order valence-electron chi connectivity index (χ1n) is 7.37. The quantitative estimate of drug-likeness (QED) is 0.805. The van der Waals surface area contributed by atoms with Gasteiger partial charge in [-0.3, -0.25) is 9.59 Å². The fourth-order valence-electron chi connectivity index (χ4n) is 2.47. The molecule has 1 aromatic carbocycles. The van der Waals surface area contributed by atoms with Gasteiger partial charge in [-0.2, -0.15) is 8.78 Å². The number of piperidine rings is 1. The summed E-state index contributed by atoms with van der Waals surface area (Å²) in [7, 11) is 0. The summed E-state index contributed by atoms with van der Waals surface area (Å²) in [5.74, 6) is -0.446. The molecule has 0 radical (unpaired) electrons. The molecule has 1 fully saturated rings. The highest BCUT2D eigenvalue weighted by molar-refractivity contribution is 5.99. The van der Waals surface area contributed by atoms with Gasteiger partial charge in [-0.15, -0.1) is 12.4 Å². The van der Waals surface area contributed by atoms with E-state index in [0.29, 0.717) is 18.7 Å². The summed E-state index contributed by atoms with van der Waals surface area (Å²) in [6, 6.07) is 5.26. The van der Waals surface area contributed by atoms with E-state index in [1.807, 2.05) is 0 Å². The molecule has 0 aromatic heterocycles. The van der Waals surface area contributed by atoms with Crippen molar-refractivity contribution in [3.05, 3.63) is 24.3 Å². The van der Waals surface area contributed by atoms with Gasteiger partial charge in [0.25, 0.3) is 0 Å². The second-order valence-electron chi connectivity index (χ2n) is 5.16. The van der Waals surface area contributed by atoms with Crippen molar-refractivity contribution in [1.82, 2.24) is 5.32 Å². The molecule has 0 saturated carbocycles. The minimum Gasteiger partial charge on any atom is -0.435 e. The number of carbonyl (C=O) groups excluding carboxylic acids is 2. The number of halogens is 3. The van der Waals surface area contributed by atoms with Crippen molar-refractivity contribution in [1.29, 1.82) is 0 Å². The standard InChI is InChI=1S/C15H19F2N3O3.ClH/c16-15(17)23-11-5-3-10(4-6-11)20-9-1-2-12(14(20)22)19-13(21)7-8-18;/h3-6,12,15H,1-2,7-9,18H2,(H,19,21);1H. The number of hydrogen-bond donors (Lipinski definition) is 2. The van der Waals surface area contributed by atoms with E-state index >= 15 is 0 Å². The second kappa shape index (κ2) is 9.39. The van der Waals surface area contributed by atoms with E-state index in [1.54, 1.807) is 12.1 Å². The number of hydrogen-bond acceptors (Lipinski definition) is 4. The fourth-order valence-corrected chi connectivity index (χ4v) is 2.47. The SMILES string of the molecule is Cl.NCCC(=O)NC1CCCN(c2ccc(OC(F)F)cc2)C1=O. The maximum Gasteiger partial charge on any atom is 0.387 e. The number of benzene rings is 1. The Kier molecular flexibility index (Phi) is 7.87. The van der Waals surface area contributed by atoms with E-state index in [0.717, 1.165) is 6.42 Å². The lowest BCUT2D eigenvalue weighted by atomic mass is 10.0. The van der Waals surface area contributed by atoms with Crippen molar-refractivity contribution < 1.29 is 23.1 Å². The van der Waals surface area contributed by atoms with Crippen molar-refractivity contribution >= 4 is 29.9 Å². The number of anilines is 1. The lowest BCUT2D eigenvalue weighted by molar-refractivity contribution is -0.128. The van der Waals surface area contributed by atoms with Crippen LogP contribution in [0, 0.1) is 0 Å². The highest BCUT2D eigenvalue weighted by Crippen LogP contribution is 2.24. The number of alkyl halides is 2. The first-order valence-corrected chi connectivity index (χ1v) is 7.37. The summed E-state index contributed by atoms with van der Waals surface area (Å²) in [6.45, 7) is -2.15. The molecule has 1 aromatic rings. The van der Waals surface area contributed by atoms with Gasteiger partial charge in [0.05, 0.1) is 0 Å². The van der Waals surface area contributed by atoms with Crippen molar-refractivity contribution in [3.63, 3.8) is 0 Å². The maximum atomic E-state index is 12.5. The Bertz CT molecular complexity index is 557. The summed E-state index contributed by atoms with van der Waals surface area (Å²) in [5.41, 5.74) is 5.89. The Morgan fingerprint density at radius 1 is 1.38 bits per heavy atom. The molecule has 0 spiro atoms. The Labute approximate surface area is 144 Å². The molecule has 24 heavy (non-hydrogen) atoms. The zero-order valence-corrected chi connectivity index (χ0v) is 13.7. The molecule has 134 valence electrons. The first kappa shape index (κ1) is 20.1. The monoisotopic (exact) mass is 363 g/mol. The third kappa shape index (κ3) is 5.31. The molecular formula is C15H20ClF2N3O3. The summed E-state index contributed by atoms with van der Waals surface area (Å²) in [5, 5.41) is 2.67. The Hall–Kier alpha value is -1.93. The highest BCUT2D eigenvalue weighted by Gasteiger charge is 2.30. The third-order valence-corrected chi connectivity index (χ3v) is 3.52. The number of nitrogens with one attached hydrogen (secondary N) is 1. The van der Waals surface area contributed by atoms with Crippen LogP contribution in [-0.4, -0.2) is 37.6 Å².